The van der Waals surface area contributed by atoms with E-state index >= 15 is 0 Å². The molecule has 0 fully saturated rings. The molecule has 0 bridgehead atoms. The van der Waals surface area contributed by atoms with Gasteiger partial charge >= 0.3 is 88.4 Å². The van der Waals surface area contributed by atoms with E-state index in [1.54, 1.807) is 12.1 Å². The molecule has 1 rings (SSSR count). The maximum absolute atomic E-state index is 10.8. The molecule has 1 aromatic rings. The van der Waals surface area contributed by atoms with E-state index in [4.69, 9.17) is 5.14 Å². The number of benzene rings is 1. The first-order valence-electron chi connectivity index (χ1n) is 3.45. The SMILES string of the molecule is NS(=O)(=O)c1ccc([CH2][Hg])cc1. The van der Waals surface area contributed by atoms with E-state index in [1.807, 2.05) is 12.1 Å². The summed E-state index contributed by atoms with van der Waals surface area (Å²) in [4.78, 5) is 0.188. The summed E-state index contributed by atoms with van der Waals surface area (Å²) < 4.78 is 22.7. The van der Waals surface area contributed by atoms with Crippen LogP contribution < -0.4 is 5.14 Å². The molecular formula is C7H8HgNO2S. The predicted octanol–water partition coefficient (Wildman–Crippen LogP) is 0.381. The monoisotopic (exact) mass is 372 g/mol. The average molecular weight is 371 g/mol. The van der Waals surface area contributed by atoms with Crippen LogP contribution in [0, 0.1) is 0 Å². The van der Waals surface area contributed by atoms with Crippen LogP contribution in [-0.4, -0.2) is 8.42 Å². The molecule has 0 saturated heterocycles. The predicted molar refractivity (Wildman–Crippen MR) is 41.5 cm³/mol. The van der Waals surface area contributed by atoms with Gasteiger partial charge in [0.15, 0.2) is 0 Å². The van der Waals surface area contributed by atoms with Gasteiger partial charge in [0.1, 0.15) is 0 Å². The zero-order chi connectivity index (χ0) is 9.19. The van der Waals surface area contributed by atoms with Gasteiger partial charge in [0.25, 0.3) is 0 Å². The van der Waals surface area contributed by atoms with Crippen LogP contribution in [0.5, 0.6) is 0 Å². The Labute approximate surface area is 88.0 Å². The van der Waals surface area contributed by atoms with Crippen molar-refractivity contribution in [2.45, 2.75) is 8.83 Å². The topological polar surface area (TPSA) is 60.2 Å². The fourth-order valence-corrected chi connectivity index (χ4v) is 2.66. The molecule has 2 N–H and O–H groups in total. The Kier molecular flexibility index (Phi) is 3.26. The standard InChI is InChI=1S/C7H8NO2S.Hg/c1-6-2-4-7(5-3-6)11(8,9)10;/h2-5H,1H2,(H2,8,9,10);. The molecule has 0 spiro atoms. The van der Waals surface area contributed by atoms with Crippen LogP contribution in [0.2, 0.25) is 0 Å². The number of primary sulfonamides is 1. The number of sulfonamides is 1. The molecule has 0 amide bonds. The molecule has 61 valence electrons. The van der Waals surface area contributed by atoms with E-state index in [0.717, 1.165) is 3.93 Å². The molecule has 0 aliphatic heterocycles. The molecule has 3 nitrogen and oxygen atoms in total. The van der Waals surface area contributed by atoms with Crippen molar-refractivity contribution in [3.05, 3.63) is 29.8 Å². The molecule has 12 heavy (non-hydrogen) atoms. The van der Waals surface area contributed by atoms with Gasteiger partial charge in [0.05, 0.1) is 0 Å². The van der Waals surface area contributed by atoms with Crippen molar-refractivity contribution in [1.29, 1.82) is 0 Å². The van der Waals surface area contributed by atoms with Gasteiger partial charge in [-0.15, -0.1) is 0 Å². The second-order valence-corrected chi connectivity index (χ2v) is 5.94. The fourth-order valence-electron chi connectivity index (χ4n) is 0.846. The molecular weight excluding hydrogens is 363 g/mol. The van der Waals surface area contributed by atoms with Crippen molar-refractivity contribution in [3.63, 3.8) is 0 Å². The third kappa shape index (κ3) is 2.53. The normalized spacial score (nSPS) is 11.6. The Balaban J connectivity index is 3.09. The van der Waals surface area contributed by atoms with Crippen molar-refractivity contribution in [2.75, 3.05) is 0 Å². The van der Waals surface area contributed by atoms with Gasteiger partial charge in [-0.05, 0) is 0 Å². The second kappa shape index (κ2) is 3.85. The molecule has 0 aliphatic carbocycles. The maximum atomic E-state index is 10.8. The molecule has 0 unspecified atom stereocenters. The van der Waals surface area contributed by atoms with Gasteiger partial charge < -0.3 is 0 Å². The Bertz CT molecular complexity index is 357. The van der Waals surface area contributed by atoms with Crippen molar-refractivity contribution in [1.82, 2.24) is 0 Å². The van der Waals surface area contributed by atoms with Crippen LogP contribution in [-0.2, 0) is 40.1 Å². The molecule has 0 heterocycles. The van der Waals surface area contributed by atoms with Gasteiger partial charge in [-0.25, -0.2) is 0 Å². The van der Waals surface area contributed by atoms with Crippen LogP contribution in [0.4, 0.5) is 0 Å². The van der Waals surface area contributed by atoms with Crippen molar-refractivity contribution < 1.29 is 34.5 Å². The molecule has 0 aliphatic rings. The third-order valence-electron chi connectivity index (χ3n) is 1.54. The van der Waals surface area contributed by atoms with E-state index in [2.05, 4.69) is 0 Å². The minimum absolute atomic E-state index is 0.188. The summed E-state index contributed by atoms with van der Waals surface area (Å²) in [6, 6.07) is 6.73. The molecule has 0 radical (unpaired) electrons. The van der Waals surface area contributed by atoms with E-state index < -0.39 is 10.0 Å². The Morgan fingerprint density at radius 3 is 2.08 bits per heavy atom. The van der Waals surface area contributed by atoms with Crippen molar-refractivity contribution in [3.8, 4) is 0 Å². The summed E-state index contributed by atoms with van der Waals surface area (Å²) in [5.74, 6) is 0. The van der Waals surface area contributed by atoms with Gasteiger partial charge in [-0.3, -0.25) is 0 Å². The zero-order valence-electron chi connectivity index (χ0n) is 6.53. The van der Waals surface area contributed by atoms with Crippen LogP contribution in [0.3, 0.4) is 0 Å². The van der Waals surface area contributed by atoms with Crippen LogP contribution >= 0.6 is 0 Å². The Morgan fingerprint density at radius 1 is 1.25 bits per heavy atom. The summed E-state index contributed by atoms with van der Waals surface area (Å²) in [6.45, 7) is 0. The summed E-state index contributed by atoms with van der Waals surface area (Å²) in [6.07, 6.45) is 0. The fraction of sp³-hybridized carbons (Fsp3) is 0.143. The van der Waals surface area contributed by atoms with Gasteiger partial charge in [0.2, 0.25) is 0 Å². The van der Waals surface area contributed by atoms with Gasteiger partial charge in [0, 0.05) is 0 Å². The third-order valence-corrected chi connectivity index (χ3v) is 4.71. The minimum atomic E-state index is -3.51. The first-order chi connectivity index (χ1) is 5.54. The summed E-state index contributed by atoms with van der Waals surface area (Å²) in [5, 5.41) is 4.93. The molecule has 5 heteroatoms. The summed E-state index contributed by atoms with van der Waals surface area (Å²) in [7, 11) is -3.51. The summed E-state index contributed by atoms with van der Waals surface area (Å²) in [5.41, 5.74) is 1.19. The van der Waals surface area contributed by atoms with Crippen LogP contribution in [0.1, 0.15) is 5.56 Å². The van der Waals surface area contributed by atoms with Gasteiger partial charge in [-0.2, -0.15) is 0 Å². The van der Waals surface area contributed by atoms with E-state index in [9.17, 15) is 8.42 Å². The number of hydrogen-bond donors (Lipinski definition) is 1. The first kappa shape index (κ1) is 10.1. The van der Waals surface area contributed by atoms with E-state index in [-0.39, 0.29) is 4.90 Å². The second-order valence-electron chi connectivity index (χ2n) is 2.44. The quantitative estimate of drug-likeness (QED) is 0.765. The summed E-state index contributed by atoms with van der Waals surface area (Å²) >= 11 is 0.714. The Morgan fingerprint density at radius 2 is 1.75 bits per heavy atom. The number of rotatable bonds is 2. The van der Waals surface area contributed by atoms with Crippen LogP contribution in [0.25, 0.3) is 0 Å². The molecule has 1 aromatic carbocycles. The number of nitrogens with two attached hydrogens (primary N) is 1. The van der Waals surface area contributed by atoms with Crippen molar-refractivity contribution in [2.24, 2.45) is 5.14 Å². The van der Waals surface area contributed by atoms with Crippen molar-refractivity contribution >= 4 is 10.0 Å². The van der Waals surface area contributed by atoms with Gasteiger partial charge in [-0.1, -0.05) is 0 Å². The molecule has 0 saturated carbocycles. The number of hydrogen-bond acceptors (Lipinski definition) is 2. The first-order valence-corrected chi connectivity index (χ1v) is 8.88. The average Bonchev–Trinajstić information content (AvgIpc) is 2.03. The van der Waals surface area contributed by atoms with Crippen LogP contribution in [0.15, 0.2) is 29.2 Å². The Hall–Kier alpha value is 0.0651. The van der Waals surface area contributed by atoms with E-state index in [1.165, 1.54) is 5.56 Å². The zero-order valence-corrected chi connectivity index (χ0v) is 12.8. The van der Waals surface area contributed by atoms with E-state index in [0.29, 0.717) is 26.1 Å². The molecule has 0 atom stereocenters. The molecule has 0 aromatic heterocycles.